The maximum atomic E-state index is 12.0. The van der Waals surface area contributed by atoms with Crippen molar-refractivity contribution >= 4 is 40.9 Å². The topological polar surface area (TPSA) is 79.3 Å². The highest BCUT2D eigenvalue weighted by Gasteiger charge is 2.15. The van der Waals surface area contributed by atoms with Crippen LogP contribution in [0, 0.1) is 0 Å². The number of pyridine rings is 1. The molecule has 102 valence electrons. The molecular formula is C13H8Cl2N2O3. The Kier molecular flexibility index (Phi) is 4.22. The van der Waals surface area contributed by atoms with E-state index in [0.717, 1.165) is 0 Å². The zero-order chi connectivity index (χ0) is 14.7. The fourth-order valence-electron chi connectivity index (χ4n) is 1.54. The fraction of sp³-hybridized carbons (Fsp3) is 0. The van der Waals surface area contributed by atoms with Gasteiger partial charge in [0.1, 0.15) is 11.4 Å². The molecule has 1 aromatic heterocycles. The molecule has 0 atom stereocenters. The maximum absolute atomic E-state index is 12.0. The summed E-state index contributed by atoms with van der Waals surface area (Å²) < 4.78 is 0. The van der Waals surface area contributed by atoms with E-state index in [2.05, 4.69) is 10.3 Å². The number of hydrogen-bond donors (Lipinski definition) is 2. The number of aromatic nitrogens is 1. The van der Waals surface area contributed by atoms with Crippen molar-refractivity contribution in [3.63, 3.8) is 0 Å². The number of carbonyl (C=O) groups excluding carboxylic acids is 1. The van der Waals surface area contributed by atoms with Gasteiger partial charge < -0.3 is 10.4 Å². The molecule has 0 aliphatic rings. The first kappa shape index (κ1) is 14.3. The molecule has 0 fully saturated rings. The van der Waals surface area contributed by atoms with Crippen LogP contribution in [0.4, 0.5) is 5.82 Å². The third kappa shape index (κ3) is 3.26. The lowest BCUT2D eigenvalue weighted by molar-refractivity contribution is 0.0697. The predicted molar refractivity (Wildman–Crippen MR) is 75.6 cm³/mol. The molecule has 5 nitrogen and oxygen atoms in total. The minimum Gasteiger partial charge on any atom is -0.478 e. The quantitative estimate of drug-likeness (QED) is 0.911. The molecule has 1 amide bonds. The number of halogens is 2. The van der Waals surface area contributed by atoms with Gasteiger partial charge in [0.25, 0.3) is 5.91 Å². The molecule has 0 bridgehead atoms. The molecule has 1 heterocycles. The van der Waals surface area contributed by atoms with Crippen molar-refractivity contribution in [2.45, 2.75) is 0 Å². The summed E-state index contributed by atoms with van der Waals surface area (Å²) in [7, 11) is 0. The van der Waals surface area contributed by atoms with Gasteiger partial charge in [0.2, 0.25) is 0 Å². The van der Waals surface area contributed by atoms with Crippen molar-refractivity contribution in [2.75, 3.05) is 5.32 Å². The number of rotatable bonds is 3. The van der Waals surface area contributed by atoms with Crippen LogP contribution in [0.3, 0.4) is 0 Å². The van der Waals surface area contributed by atoms with Crippen LogP contribution in [0.15, 0.2) is 36.5 Å². The molecule has 0 unspecified atom stereocenters. The van der Waals surface area contributed by atoms with E-state index in [-0.39, 0.29) is 16.9 Å². The average Bonchev–Trinajstić information content (AvgIpc) is 2.37. The number of aromatic carboxylic acids is 1. The number of carboxylic acids is 1. The summed E-state index contributed by atoms with van der Waals surface area (Å²) in [6, 6.07) is 7.15. The highest BCUT2D eigenvalue weighted by molar-refractivity contribution is 6.35. The van der Waals surface area contributed by atoms with Gasteiger partial charge in [-0.05, 0) is 30.3 Å². The van der Waals surface area contributed by atoms with Gasteiger partial charge in [-0.2, -0.15) is 0 Å². The second-order valence-electron chi connectivity index (χ2n) is 3.82. The summed E-state index contributed by atoms with van der Waals surface area (Å²) in [5.41, 5.74) is 0.110. The first-order valence-corrected chi connectivity index (χ1v) is 6.18. The van der Waals surface area contributed by atoms with Crippen LogP contribution in [0.5, 0.6) is 0 Å². The SMILES string of the molecule is O=C(Nc1ncccc1C(=O)O)c1cc(Cl)cc(Cl)c1. The number of nitrogens with zero attached hydrogens (tertiary/aromatic N) is 1. The Labute approximate surface area is 124 Å². The second kappa shape index (κ2) is 5.90. The lowest BCUT2D eigenvalue weighted by Crippen LogP contribution is -2.16. The Bertz CT molecular complexity index is 669. The number of anilines is 1. The third-order valence-corrected chi connectivity index (χ3v) is 2.83. The predicted octanol–water partition coefficient (Wildman–Crippen LogP) is 3.34. The van der Waals surface area contributed by atoms with Gasteiger partial charge in [0, 0.05) is 21.8 Å². The molecule has 1 aromatic carbocycles. The average molecular weight is 311 g/mol. The Morgan fingerprint density at radius 2 is 1.80 bits per heavy atom. The molecule has 2 aromatic rings. The summed E-state index contributed by atoms with van der Waals surface area (Å²) in [5, 5.41) is 12.0. The highest BCUT2D eigenvalue weighted by Crippen LogP contribution is 2.20. The summed E-state index contributed by atoms with van der Waals surface area (Å²) in [4.78, 5) is 26.9. The molecule has 7 heteroatoms. The first-order valence-electron chi connectivity index (χ1n) is 5.43. The van der Waals surface area contributed by atoms with E-state index in [1.165, 1.54) is 36.5 Å². The number of carboxylic acid groups (broad SMARTS) is 1. The maximum Gasteiger partial charge on any atom is 0.339 e. The largest absolute Gasteiger partial charge is 0.478 e. The van der Waals surface area contributed by atoms with Gasteiger partial charge in [0.05, 0.1) is 0 Å². The van der Waals surface area contributed by atoms with E-state index in [9.17, 15) is 9.59 Å². The Morgan fingerprint density at radius 3 is 2.40 bits per heavy atom. The lowest BCUT2D eigenvalue weighted by atomic mass is 10.2. The zero-order valence-corrected chi connectivity index (χ0v) is 11.4. The van der Waals surface area contributed by atoms with Crippen LogP contribution in [-0.4, -0.2) is 22.0 Å². The van der Waals surface area contributed by atoms with Crippen LogP contribution < -0.4 is 5.32 Å². The molecule has 0 aliphatic heterocycles. The zero-order valence-electron chi connectivity index (χ0n) is 9.93. The van der Waals surface area contributed by atoms with Crippen molar-refractivity contribution in [1.82, 2.24) is 4.98 Å². The van der Waals surface area contributed by atoms with Crippen molar-refractivity contribution in [3.8, 4) is 0 Å². The summed E-state index contributed by atoms with van der Waals surface area (Å²) >= 11 is 11.6. The number of benzene rings is 1. The number of amides is 1. The van der Waals surface area contributed by atoms with Gasteiger partial charge in [-0.3, -0.25) is 4.79 Å². The first-order chi connectivity index (χ1) is 9.47. The Morgan fingerprint density at radius 1 is 1.15 bits per heavy atom. The van der Waals surface area contributed by atoms with E-state index < -0.39 is 11.9 Å². The van der Waals surface area contributed by atoms with Crippen LogP contribution >= 0.6 is 23.2 Å². The lowest BCUT2D eigenvalue weighted by Gasteiger charge is -2.07. The summed E-state index contributed by atoms with van der Waals surface area (Å²) in [6.45, 7) is 0. The minimum atomic E-state index is -1.18. The van der Waals surface area contributed by atoms with Crippen LogP contribution in [-0.2, 0) is 0 Å². The van der Waals surface area contributed by atoms with Gasteiger partial charge in [-0.1, -0.05) is 23.2 Å². The van der Waals surface area contributed by atoms with Crippen LogP contribution in [0.25, 0.3) is 0 Å². The van der Waals surface area contributed by atoms with E-state index in [0.29, 0.717) is 10.0 Å². The standard InChI is InChI=1S/C13H8Cl2N2O3/c14-8-4-7(5-9(15)6-8)12(18)17-11-10(13(19)20)2-1-3-16-11/h1-6H,(H,19,20)(H,16,17,18). The second-order valence-corrected chi connectivity index (χ2v) is 4.69. The highest BCUT2D eigenvalue weighted by atomic mass is 35.5. The molecule has 20 heavy (non-hydrogen) atoms. The van der Waals surface area contributed by atoms with Crippen LogP contribution in [0.2, 0.25) is 10.0 Å². The smallest absolute Gasteiger partial charge is 0.339 e. The molecule has 0 aliphatic carbocycles. The van der Waals surface area contributed by atoms with Crippen molar-refractivity contribution in [3.05, 3.63) is 57.7 Å². The molecule has 0 radical (unpaired) electrons. The van der Waals surface area contributed by atoms with Crippen molar-refractivity contribution in [2.24, 2.45) is 0 Å². The molecule has 2 N–H and O–H groups in total. The number of hydrogen-bond acceptors (Lipinski definition) is 3. The van der Waals surface area contributed by atoms with Gasteiger partial charge in [-0.15, -0.1) is 0 Å². The van der Waals surface area contributed by atoms with E-state index >= 15 is 0 Å². The summed E-state index contributed by atoms with van der Waals surface area (Å²) in [5.74, 6) is -1.77. The van der Waals surface area contributed by atoms with Crippen LogP contribution in [0.1, 0.15) is 20.7 Å². The molecule has 0 spiro atoms. The van der Waals surface area contributed by atoms with Gasteiger partial charge in [-0.25, -0.2) is 9.78 Å². The Balaban J connectivity index is 2.30. The normalized spacial score (nSPS) is 10.1. The van der Waals surface area contributed by atoms with Gasteiger partial charge >= 0.3 is 5.97 Å². The van der Waals surface area contributed by atoms with Crippen molar-refractivity contribution < 1.29 is 14.7 Å². The van der Waals surface area contributed by atoms with Crippen molar-refractivity contribution in [1.29, 1.82) is 0 Å². The number of nitrogens with one attached hydrogen (secondary N) is 1. The monoisotopic (exact) mass is 310 g/mol. The molecule has 0 saturated carbocycles. The molecule has 2 rings (SSSR count). The number of carbonyl (C=O) groups is 2. The molecule has 0 saturated heterocycles. The van der Waals surface area contributed by atoms with E-state index in [1.807, 2.05) is 0 Å². The Hall–Kier alpha value is -2.11. The van der Waals surface area contributed by atoms with E-state index in [4.69, 9.17) is 28.3 Å². The third-order valence-electron chi connectivity index (χ3n) is 2.39. The fourth-order valence-corrected chi connectivity index (χ4v) is 2.07. The minimum absolute atomic E-state index is 0.0407. The van der Waals surface area contributed by atoms with Gasteiger partial charge in [0.15, 0.2) is 0 Å². The summed E-state index contributed by atoms with van der Waals surface area (Å²) in [6.07, 6.45) is 1.38. The molecular weight excluding hydrogens is 303 g/mol. The van der Waals surface area contributed by atoms with E-state index in [1.54, 1.807) is 0 Å².